The molecule has 0 bridgehead atoms. The molecule has 6 heteroatoms. The Kier molecular flexibility index (Phi) is 11.4. The first-order valence-electron chi connectivity index (χ1n) is 8.49. The second-order valence-electron chi connectivity index (χ2n) is 6.50. The van der Waals surface area contributed by atoms with Crippen LogP contribution in [0.5, 0.6) is 0 Å². The van der Waals surface area contributed by atoms with E-state index in [0.29, 0.717) is 24.1 Å². The summed E-state index contributed by atoms with van der Waals surface area (Å²) in [5.74, 6) is 0.588. The molecule has 1 aliphatic heterocycles. The molecular formula is C16H36IN5. The summed E-state index contributed by atoms with van der Waals surface area (Å²) in [6, 6.07) is 1.70. The molecule has 3 N–H and O–H groups in total. The molecule has 0 aromatic rings. The van der Waals surface area contributed by atoms with E-state index in [4.69, 9.17) is 5.73 Å². The van der Waals surface area contributed by atoms with E-state index in [-0.39, 0.29) is 24.0 Å². The third-order valence-corrected chi connectivity index (χ3v) is 4.38. The van der Waals surface area contributed by atoms with Crippen molar-refractivity contribution in [2.75, 3.05) is 32.7 Å². The number of nitrogens with one attached hydrogen (secondary N) is 1. The molecule has 0 amide bonds. The monoisotopic (exact) mass is 425 g/mol. The molecule has 132 valence electrons. The van der Waals surface area contributed by atoms with Crippen LogP contribution in [0.4, 0.5) is 0 Å². The quantitative estimate of drug-likeness (QED) is 0.355. The van der Waals surface area contributed by atoms with Gasteiger partial charge in [-0.2, -0.15) is 0 Å². The normalized spacial score (nSPS) is 20.0. The maximum Gasteiger partial charge on any atom is 0.188 e. The molecule has 0 saturated carbocycles. The summed E-state index contributed by atoms with van der Waals surface area (Å²) in [5.41, 5.74) is 5.98. The van der Waals surface area contributed by atoms with E-state index in [1.807, 2.05) is 0 Å². The van der Waals surface area contributed by atoms with Crippen molar-refractivity contribution < 1.29 is 0 Å². The van der Waals surface area contributed by atoms with Gasteiger partial charge in [0.25, 0.3) is 0 Å². The Morgan fingerprint density at radius 2 is 1.95 bits per heavy atom. The van der Waals surface area contributed by atoms with Crippen LogP contribution < -0.4 is 11.1 Å². The van der Waals surface area contributed by atoms with Gasteiger partial charge in [-0.15, -0.1) is 24.0 Å². The molecule has 1 aliphatic rings. The zero-order valence-electron chi connectivity index (χ0n) is 15.0. The SMILES string of the molecule is CCN1CCCC1CN=C(N)NCCN(C(C)C)C(C)C.I. The van der Waals surface area contributed by atoms with E-state index in [0.717, 1.165) is 26.2 Å². The van der Waals surface area contributed by atoms with Crippen molar-refractivity contribution in [3.63, 3.8) is 0 Å². The molecule has 0 aliphatic carbocycles. The highest BCUT2D eigenvalue weighted by Crippen LogP contribution is 2.16. The van der Waals surface area contributed by atoms with Crippen molar-refractivity contribution in [3.8, 4) is 0 Å². The van der Waals surface area contributed by atoms with Crippen molar-refractivity contribution in [3.05, 3.63) is 0 Å². The number of nitrogens with two attached hydrogens (primary N) is 1. The molecule has 0 radical (unpaired) electrons. The predicted molar refractivity (Wildman–Crippen MR) is 107 cm³/mol. The summed E-state index contributed by atoms with van der Waals surface area (Å²) in [4.78, 5) is 9.46. The van der Waals surface area contributed by atoms with Gasteiger partial charge in [-0.05, 0) is 53.6 Å². The lowest BCUT2D eigenvalue weighted by molar-refractivity contribution is 0.178. The Bertz CT molecular complexity index is 312. The highest BCUT2D eigenvalue weighted by Gasteiger charge is 2.22. The molecule has 5 nitrogen and oxygen atoms in total. The first-order chi connectivity index (χ1) is 9.95. The van der Waals surface area contributed by atoms with E-state index < -0.39 is 0 Å². The first kappa shape index (κ1) is 21.9. The van der Waals surface area contributed by atoms with E-state index >= 15 is 0 Å². The molecule has 1 saturated heterocycles. The molecule has 1 heterocycles. The third-order valence-electron chi connectivity index (χ3n) is 4.38. The molecule has 1 fully saturated rings. The third kappa shape index (κ3) is 7.46. The average molecular weight is 425 g/mol. The number of nitrogens with zero attached hydrogens (tertiary/aromatic N) is 3. The Hall–Kier alpha value is -0.0800. The predicted octanol–water partition coefficient (Wildman–Crippen LogP) is 2.11. The highest BCUT2D eigenvalue weighted by molar-refractivity contribution is 14.0. The second kappa shape index (κ2) is 11.5. The molecule has 0 aromatic heterocycles. The topological polar surface area (TPSA) is 56.9 Å². The minimum absolute atomic E-state index is 0. The van der Waals surface area contributed by atoms with E-state index in [2.05, 4.69) is 54.7 Å². The van der Waals surface area contributed by atoms with Crippen molar-refractivity contribution in [2.45, 2.75) is 65.6 Å². The lowest BCUT2D eigenvalue weighted by Crippen LogP contribution is -2.44. The Balaban J connectivity index is 0.00000441. The number of guanidine groups is 1. The summed E-state index contributed by atoms with van der Waals surface area (Å²) in [6.07, 6.45) is 2.54. The standard InChI is InChI=1S/C16H35N5.HI/c1-6-20-10-7-8-15(20)12-19-16(17)18-9-11-21(13(2)3)14(4)5;/h13-15H,6-12H2,1-5H3,(H3,17,18,19);1H. The summed E-state index contributed by atoms with van der Waals surface area (Å²) in [5, 5.41) is 3.25. The lowest BCUT2D eigenvalue weighted by Gasteiger charge is -2.30. The number of hydrogen-bond donors (Lipinski definition) is 2. The van der Waals surface area contributed by atoms with Crippen LogP contribution >= 0.6 is 24.0 Å². The van der Waals surface area contributed by atoms with Gasteiger partial charge < -0.3 is 11.1 Å². The summed E-state index contributed by atoms with van der Waals surface area (Å²) < 4.78 is 0. The molecule has 1 unspecified atom stereocenters. The van der Waals surface area contributed by atoms with Crippen LogP contribution in [-0.4, -0.2) is 66.6 Å². The van der Waals surface area contributed by atoms with Gasteiger partial charge in [0.1, 0.15) is 0 Å². The molecule has 22 heavy (non-hydrogen) atoms. The zero-order chi connectivity index (χ0) is 15.8. The van der Waals surface area contributed by atoms with Gasteiger partial charge in [-0.1, -0.05) is 6.92 Å². The van der Waals surface area contributed by atoms with Crippen molar-refractivity contribution in [1.29, 1.82) is 0 Å². The van der Waals surface area contributed by atoms with Gasteiger partial charge >= 0.3 is 0 Å². The van der Waals surface area contributed by atoms with Gasteiger partial charge in [0.05, 0.1) is 6.54 Å². The molecule has 0 aromatic carbocycles. The van der Waals surface area contributed by atoms with Crippen LogP contribution in [-0.2, 0) is 0 Å². The van der Waals surface area contributed by atoms with Crippen LogP contribution in [0.3, 0.4) is 0 Å². The van der Waals surface area contributed by atoms with Crippen molar-refractivity contribution in [1.82, 2.24) is 15.1 Å². The van der Waals surface area contributed by atoms with Crippen molar-refractivity contribution in [2.24, 2.45) is 10.7 Å². The summed E-state index contributed by atoms with van der Waals surface area (Å²) >= 11 is 0. The van der Waals surface area contributed by atoms with Gasteiger partial charge in [0.2, 0.25) is 0 Å². The minimum atomic E-state index is 0. The number of likely N-dealkylation sites (tertiary alicyclic amines) is 1. The molecule has 1 atom stereocenters. The van der Waals surface area contributed by atoms with Crippen LogP contribution in [0.1, 0.15) is 47.5 Å². The highest BCUT2D eigenvalue weighted by atomic mass is 127. The van der Waals surface area contributed by atoms with Gasteiger partial charge in [0, 0.05) is 31.2 Å². The van der Waals surface area contributed by atoms with Gasteiger partial charge in [-0.25, -0.2) is 0 Å². The van der Waals surface area contributed by atoms with Crippen LogP contribution in [0.2, 0.25) is 0 Å². The average Bonchev–Trinajstić information content (AvgIpc) is 2.87. The number of hydrogen-bond acceptors (Lipinski definition) is 3. The van der Waals surface area contributed by atoms with E-state index in [1.165, 1.54) is 19.4 Å². The Morgan fingerprint density at radius 1 is 1.32 bits per heavy atom. The lowest BCUT2D eigenvalue weighted by atomic mass is 10.2. The van der Waals surface area contributed by atoms with E-state index in [9.17, 15) is 0 Å². The smallest absolute Gasteiger partial charge is 0.188 e. The number of halogens is 1. The zero-order valence-corrected chi connectivity index (χ0v) is 17.3. The Labute approximate surface area is 154 Å². The summed E-state index contributed by atoms with van der Waals surface area (Å²) in [6.45, 7) is 16.2. The second-order valence-corrected chi connectivity index (χ2v) is 6.50. The molecular weight excluding hydrogens is 389 g/mol. The number of aliphatic imine (C=N–C) groups is 1. The van der Waals surface area contributed by atoms with Crippen molar-refractivity contribution >= 4 is 29.9 Å². The fourth-order valence-corrected chi connectivity index (χ4v) is 3.20. The Morgan fingerprint density at radius 3 is 2.50 bits per heavy atom. The fourth-order valence-electron chi connectivity index (χ4n) is 3.20. The largest absolute Gasteiger partial charge is 0.370 e. The van der Waals surface area contributed by atoms with Gasteiger partial charge in [-0.3, -0.25) is 14.8 Å². The number of rotatable bonds is 8. The minimum Gasteiger partial charge on any atom is -0.370 e. The molecule has 1 rings (SSSR count). The number of likely N-dealkylation sites (N-methyl/N-ethyl adjacent to an activating group) is 1. The fraction of sp³-hybridized carbons (Fsp3) is 0.938. The maximum atomic E-state index is 5.98. The maximum absolute atomic E-state index is 5.98. The van der Waals surface area contributed by atoms with E-state index in [1.54, 1.807) is 0 Å². The van der Waals surface area contributed by atoms with Gasteiger partial charge in [0.15, 0.2) is 5.96 Å². The first-order valence-corrected chi connectivity index (χ1v) is 8.49. The molecule has 0 spiro atoms. The van der Waals surface area contributed by atoms with Crippen LogP contribution in [0.25, 0.3) is 0 Å². The van der Waals surface area contributed by atoms with Crippen LogP contribution in [0, 0.1) is 0 Å². The summed E-state index contributed by atoms with van der Waals surface area (Å²) in [7, 11) is 0. The van der Waals surface area contributed by atoms with Crippen LogP contribution in [0.15, 0.2) is 4.99 Å².